The minimum atomic E-state index is 0.198. The van der Waals surface area contributed by atoms with E-state index in [1.165, 1.54) is 5.56 Å². The Hall–Kier alpha value is -1.61. The number of nitrogen functional groups attached to an aromatic ring is 1. The van der Waals surface area contributed by atoms with Gasteiger partial charge in [-0.3, -0.25) is 0 Å². The Morgan fingerprint density at radius 2 is 1.83 bits per heavy atom. The van der Waals surface area contributed by atoms with Crippen molar-refractivity contribution in [1.82, 2.24) is 9.97 Å². The molecule has 0 saturated heterocycles. The number of hydrogen-bond donors (Lipinski definition) is 1. The summed E-state index contributed by atoms with van der Waals surface area (Å²) in [5.41, 5.74) is 8.66. The van der Waals surface area contributed by atoms with Crippen molar-refractivity contribution in [1.29, 1.82) is 0 Å². The number of hydrogen-bond acceptors (Lipinski definition) is 3. The molecule has 2 rings (SSSR count). The first-order valence-electron chi connectivity index (χ1n) is 5.94. The van der Waals surface area contributed by atoms with E-state index in [1.807, 2.05) is 12.1 Å². The number of anilines is 1. The summed E-state index contributed by atoms with van der Waals surface area (Å²) in [5, 5.41) is 0.365. The largest absolute Gasteiger partial charge is 0.368 e. The van der Waals surface area contributed by atoms with Crippen molar-refractivity contribution in [3.05, 3.63) is 41.0 Å². The Bertz CT molecular complexity index is 515. The van der Waals surface area contributed by atoms with Crippen molar-refractivity contribution in [2.24, 2.45) is 5.92 Å². The lowest BCUT2D eigenvalue weighted by Gasteiger charge is -2.06. The predicted molar refractivity (Wildman–Crippen MR) is 75.4 cm³/mol. The number of nitrogens with zero attached hydrogens (tertiary/aromatic N) is 2. The van der Waals surface area contributed by atoms with Gasteiger partial charge in [-0.1, -0.05) is 49.7 Å². The Labute approximate surface area is 112 Å². The first-order valence-corrected chi connectivity index (χ1v) is 6.32. The van der Waals surface area contributed by atoms with E-state index < -0.39 is 0 Å². The molecule has 0 aliphatic heterocycles. The van der Waals surface area contributed by atoms with Crippen LogP contribution in [-0.4, -0.2) is 9.97 Å². The van der Waals surface area contributed by atoms with E-state index in [0.717, 1.165) is 17.7 Å². The molecule has 3 nitrogen and oxygen atoms in total. The summed E-state index contributed by atoms with van der Waals surface area (Å²) < 4.78 is 0. The third-order valence-corrected chi connectivity index (χ3v) is 2.80. The zero-order chi connectivity index (χ0) is 13.1. The van der Waals surface area contributed by atoms with Crippen LogP contribution in [0.5, 0.6) is 0 Å². The number of nitrogens with two attached hydrogens (primary N) is 1. The molecule has 1 heterocycles. The lowest BCUT2D eigenvalue weighted by atomic mass is 10.0. The van der Waals surface area contributed by atoms with Crippen molar-refractivity contribution in [2.75, 3.05) is 5.73 Å². The average Bonchev–Trinajstić information content (AvgIpc) is 2.27. The molecule has 0 amide bonds. The quantitative estimate of drug-likeness (QED) is 0.860. The molecule has 1 aromatic carbocycles. The minimum absolute atomic E-state index is 0.198. The van der Waals surface area contributed by atoms with E-state index in [0.29, 0.717) is 11.1 Å². The second-order valence-corrected chi connectivity index (χ2v) is 5.12. The number of halogens is 1. The molecular weight excluding hydrogens is 246 g/mol. The third kappa shape index (κ3) is 3.20. The maximum atomic E-state index is 5.87. The second-order valence-electron chi connectivity index (χ2n) is 4.73. The van der Waals surface area contributed by atoms with Gasteiger partial charge in [-0.25, -0.2) is 9.97 Å². The van der Waals surface area contributed by atoms with Crippen LogP contribution in [0.2, 0.25) is 5.15 Å². The van der Waals surface area contributed by atoms with Gasteiger partial charge < -0.3 is 5.73 Å². The van der Waals surface area contributed by atoms with Crippen molar-refractivity contribution in [3.63, 3.8) is 0 Å². The molecule has 2 aromatic rings. The van der Waals surface area contributed by atoms with Gasteiger partial charge >= 0.3 is 0 Å². The fourth-order valence-corrected chi connectivity index (χ4v) is 2.06. The van der Waals surface area contributed by atoms with Crippen LogP contribution in [0.3, 0.4) is 0 Å². The normalized spacial score (nSPS) is 10.9. The Kier molecular flexibility index (Phi) is 3.82. The van der Waals surface area contributed by atoms with Crippen LogP contribution in [0, 0.1) is 5.92 Å². The molecule has 2 N–H and O–H groups in total. The highest BCUT2D eigenvalue weighted by molar-refractivity contribution is 6.29. The SMILES string of the molecule is CC(C)Cc1ccc(-c2cc(Cl)nc(N)n2)cc1. The van der Waals surface area contributed by atoms with Crippen LogP contribution in [0.15, 0.2) is 30.3 Å². The summed E-state index contributed by atoms with van der Waals surface area (Å²) in [6.07, 6.45) is 1.08. The summed E-state index contributed by atoms with van der Waals surface area (Å²) in [4.78, 5) is 8.03. The summed E-state index contributed by atoms with van der Waals surface area (Å²) in [7, 11) is 0. The van der Waals surface area contributed by atoms with E-state index in [2.05, 4.69) is 35.9 Å². The van der Waals surface area contributed by atoms with E-state index in [9.17, 15) is 0 Å². The molecule has 1 aromatic heterocycles. The second kappa shape index (κ2) is 5.36. The number of rotatable bonds is 3. The zero-order valence-corrected chi connectivity index (χ0v) is 11.3. The van der Waals surface area contributed by atoms with E-state index in [1.54, 1.807) is 6.07 Å². The van der Waals surface area contributed by atoms with E-state index in [-0.39, 0.29) is 5.95 Å². The van der Waals surface area contributed by atoms with E-state index >= 15 is 0 Å². The van der Waals surface area contributed by atoms with Gasteiger partial charge in [-0.2, -0.15) is 0 Å². The molecule has 0 aliphatic carbocycles. The molecule has 4 heteroatoms. The van der Waals surface area contributed by atoms with Crippen molar-refractivity contribution in [2.45, 2.75) is 20.3 Å². The standard InChI is InChI=1S/C14H16ClN3/c1-9(2)7-10-3-5-11(6-4-10)12-8-13(15)18-14(16)17-12/h3-6,8-9H,7H2,1-2H3,(H2,16,17,18). The minimum Gasteiger partial charge on any atom is -0.368 e. The van der Waals surface area contributed by atoms with Gasteiger partial charge in [-0.15, -0.1) is 0 Å². The maximum absolute atomic E-state index is 5.87. The summed E-state index contributed by atoms with van der Waals surface area (Å²) >= 11 is 5.87. The zero-order valence-electron chi connectivity index (χ0n) is 10.5. The third-order valence-electron chi connectivity index (χ3n) is 2.61. The van der Waals surface area contributed by atoms with Gasteiger partial charge in [0.05, 0.1) is 5.69 Å². The van der Waals surface area contributed by atoms with Crippen molar-refractivity contribution >= 4 is 17.5 Å². The van der Waals surface area contributed by atoms with Gasteiger partial charge in [0.2, 0.25) is 5.95 Å². The van der Waals surface area contributed by atoms with Gasteiger partial charge in [0.25, 0.3) is 0 Å². The van der Waals surface area contributed by atoms with Crippen LogP contribution in [0.1, 0.15) is 19.4 Å². The Morgan fingerprint density at radius 3 is 2.39 bits per heavy atom. The van der Waals surface area contributed by atoms with Gasteiger partial charge in [0.1, 0.15) is 5.15 Å². The highest BCUT2D eigenvalue weighted by Gasteiger charge is 2.04. The molecule has 0 bridgehead atoms. The van der Waals surface area contributed by atoms with Gasteiger partial charge in [0, 0.05) is 11.6 Å². The molecular formula is C14H16ClN3. The Morgan fingerprint density at radius 1 is 1.17 bits per heavy atom. The van der Waals surface area contributed by atoms with Crippen LogP contribution in [0.4, 0.5) is 5.95 Å². The fourth-order valence-electron chi connectivity index (χ4n) is 1.87. The summed E-state index contributed by atoms with van der Waals surface area (Å²) in [6, 6.07) is 10.0. The molecule has 94 valence electrons. The molecule has 0 aliphatic rings. The molecule has 0 fully saturated rings. The van der Waals surface area contributed by atoms with Gasteiger partial charge in [-0.05, 0) is 17.9 Å². The Balaban J connectivity index is 2.28. The van der Waals surface area contributed by atoms with E-state index in [4.69, 9.17) is 17.3 Å². The highest BCUT2D eigenvalue weighted by atomic mass is 35.5. The smallest absolute Gasteiger partial charge is 0.221 e. The van der Waals surface area contributed by atoms with Crippen LogP contribution >= 0.6 is 11.6 Å². The molecule has 0 spiro atoms. The monoisotopic (exact) mass is 261 g/mol. The topological polar surface area (TPSA) is 51.8 Å². The highest BCUT2D eigenvalue weighted by Crippen LogP contribution is 2.21. The molecule has 0 radical (unpaired) electrons. The van der Waals surface area contributed by atoms with Crippen molar-refractivity contribution < 1.29 is 0 Å². The molecule has 0 unspecified atom stereocenters. The lowest BCUT2D eigenvalue weighted by Crippen LogP contribution is -1.97. The number of aromatic nitrogens is 2. The van der Waals surface area contributed by atoms with Crippen LogP contribution in [0.25, 0.3) is 11.3 Å². The van der Waals surface area contributed by atoms with Crippen LogP contribution < -0.4 is 5.73 Å². The van der Waals surface area contributed by atoms with Crippen LogP contribution in [-0.2, 0) is 6.42 Å². The van der Waals surface area contributed by atoms with Gasteiger partial charge in [0.15, 0.2) is 0 Å². The fraction of sp³-hybridized carbons (Fsp3) is 0.286. The summed E-state index contributed by atoms with van der Waals surface area (Å²) in [5.74, 6) is 0.851. The molecule has 0 saturated carbocycles. The average molecular weight is 262 g/mol. The first-order chi connectivity index (χ1) is 8.54. The maximum Gasteiger partial charge on any atom is 0.221 e. The number of benzene rings is 1. The molecule has 18 heavy (non-hydrogen) atoms. The predicted octanol–water partition coefficient (Wildman–Crippen LogP) is 3.58. The lowest BCUT2D eigenvalue weighted by molar-refractivity contribution is 0.647. The first kappa shape index (κ1) is 12.8. The summed E-state index contributed by atoms with van der Waals surface area (Å²) in [6.45, 7) is 4.41. The van der Waals surface area contributed by atoms with Crippen molar-refractivity contribution in [3.8, 4) is 11.3 Å². The molecule has 0 atom stereocenters.